The van der Waals surface area contributed by atoms with E-state index in [1.165, 1.54) is 38.5 Å². The standard InChI is InChI=1S/C17H30O2/c1-2-3-4-5-6-7-8-9-10-11-12-13-14-15-16-17(18)19/h8-9,11-12H,2-7,10,13-16H2,1H3,(H,18,19)/b9-8+,12-11+. The molecule has 0 aliphatic rings. The number of carbonyl (C=O) groups is 1. The Morgan fingerprint density at radius 2 is 1.42 bits per heavy atom. The Morgan fingerprint density at radius 3 is 2.00 bits per heavy atom. The largest absolute Gasteiger partial charge is 0.481 e. The first-order valence-electron chi connectivity index (χ1n) is 7.79. The highest BCUT2D eigenvalue weighted by Crippen LogP contribution is 2.06. The Kier molecular flexibility index (Phi) is 14.2. The molecule has 0 aromatic rings. The lowest BCUT2D eigenvalue weighted by atomic mass is 10.1. The van der Waals surface area contributed by atoms with Gasteiger partial charge in [-0.1, -0.05) is 56.9 Å². The highest BCUT2D eigenvalue weighted by molar-refractivity contribution is 5.66. The maximum atomic E-state index is 10.3. The number of allylic oxidation sites excluding steroid dienone is 4. The summed E-state index contributed by atoms with van der Waals surface area (Å²) in [5.74, 6) is -0.689. The molecular weight excluding hydrogens is 236 g/mol. The van der Waals surface area contributed by atoms with Gasteiger partial charge in [0.05, 0.1) is 0 Å². The fourth-order valence-corrected chi connectivity index (χ4v) is 1.91. The number of aliphatic carboxylic acids is 1. The van der Waals surface area contributed by atoms with Gasteiger partial charge >= 0.3 is 5.97 Å². The highest BCUT2D eigenvalue weighted by atomic mass is 16.4. The van der Waals surface area contributed by atoms with Crippen molar-refractivity contribution in [3.05, 3.63) is 24.3 Å². The molecule has 0 saturated heterocycles. The van der Waals surface area contributed by atoms with Gasteiger partial charge in [0.25, 0.3) is 0 Å². The van der Waals surface area contributed by atoms with Crippen molar-refractivity contribution in [2.45, 2.75) is 77.6 Å². The van der Waals surface area contributed by atoms with E-state index in [1.807, 2.05) is 0 Å². The van der Waals surface area contributed by atoms with E-state index in [1.54, 1.807) is 0 Å². The third-order valence-corrected chi connectivity index (χ3v) is 3.09. The van der Waals surface area contributed by atoms with Gasteiger partial charge < -0.3 is 5.11 Å². The summed E-state index contributed by atoms with van der Waals surface area (Å²) in [7, 11) is 0. The average molecular weight is 266 g/mol. The van der Waals surface area contributed by atoms with Crippen LogP contribution < -0.4 is 0 Å². The molecule has 2 heteroatoms. The summed E-state index contributed by atoms with van der Waals surface area (Å²) in [5, 5.41) is 8.48. The van der Waals surface area contributed by atoms with E-state index in [9.17, 15) is 4.79 Å². The van der Waals surface area contributed by atoms with E-state index >= 15 is 0 Å². The topological polar surface area (TPSA) is 37.3 Å². The quantitative estimate of drug-likeness (QED) is 0.353. The van der Waals surface area contributed by atoms with Crippen LogP contribution in [0.1, 0.15) is 77.6 Å². The van der Waals surface area contributed by atoms with Crippen LogP contribution in [-0.2, 0) is 4.79 Å². The molecule has 0 bridgehead atoms. The smallest absolute Gasteiger partial charge is 0.303 e. The van der Waals surface area contributed by atoms with Gasteiger partial charge in [0.2, 0.25) is 0 Å². The van der Waals surface area contributed by atoms with Crippen molar-refractivity contribution in [1.29, 1.82) is 0 Å². The Bertz CT molecular complexity index is 254. The van der Waals surface area contributed by atoms with Gasteiger partial charge in [0.15, 0.2) is 0 Å². The van der Waals surface area contributed by atoms with Crippen molar-refractivity contribution in [1.82, 2.24) is 0 Å². The normalized spacial score (nSPS) is 11.6. The van der Waals surface area contributed by atoms with Crippen LogP contribution in [0.25, 0.3) is 0 Å². The first-order chi connectivity index (χ1) is 9.27. The Hall–Kier alpha value is -1.05. The van der Waals surface area contributed by atoms with Crippen LogP contribution in [0.4, 0.5) is 0 Å². The minimum absolute atomic E-state index is 0.297. The van der Waals surface area contributed by atoms with Crippen LogP contribution in [0.2, 0.25) is 0 Å². The number of carboxylic acids is 1. The second-order valence-electron chi connectivity index (χ2n) is 5.02. The number of rotatable bonds is 13. The lowest BCUT2D eigenvalue weighted by Gasteiger charge is -1.95. The molecule has 2 nitrogen and oxygen atoms in total. The number of unbranched alkanes of at least 4 members (excludes halogenated alkanes) is 7. The van der Waals surface area contributed by atoms with Crippen molar-refractivity contribution < 1.29 is 9.90 Å². The third-order valence-electron chi connectivity index (χ3n) is 3.09. The summed E-state index contributed by atoms with van der Waals surface area (Å²) in [6.45, 7) is 2.24. The van der Waals surface area contributed by atoms with Gasteiger partial charge in [-0.25, -0.2) is 0 Å². The molecule has 0 heterocycles. The molecule has 1 N–H and O–H groups in total. The molecule has 0 unspecified atom stereocenters. The SMILES string of the molecule is CCCCCCC/C=C/C/C=C/CCCCC(=O)O. The van der Waals surface area contributed by atoms with E-state index in [-0.39, 0.29) is 0 Å². The third kappa shape index (κ3) is 16.9. The Labute approximate surface area is 118 Å². The summed E-state index contributed by atoms with van der Waals surface area (Å²) >= 11 is 0. The number of hydrogen-bond donors (Lipinski definition) is 1. The summed E-state index contributed by atoms with van der Waals surface area (Å²) in [4.78, 5) is 10.3. The molecule has 0 aliphatic carbocycles. The first kappa shape index (κ1) is 17.9. The van der Waals surface area contributed by atoms with Crippen LogP contribution in [0.15, 0.2) is 24.3 Å². The average Bonchev–Trinajstić information content (AvgIpc) is 2.39. The molecule has 110 valence electrons. The molecule has 0 saturated carbocycles. The summed E-state index contributed by atoms with van der Waals surface area (Å²) < 4.78 is 0. The molecule has 0 aliphatic heterocycles. The molecule has 0 aromatic heterocycles. The van der Waals surface area contributed by atoms with Crippen LogP contribution in [0.5, 0.6) is 0 Å². The molecule has 0 atom stereocenters. The second kappa shape index (κ2) is 15.0. The molecular formula is C17H30O2. The van der Waals surface area contributed by atoms with Gasteiger partial charge in [-0.05, 0) is 38.5 Å². The minimum atomic E-state index is -0.689. The van der Waals surface area contributed by atoms with Gasteiger partial charge in [-0.3, -0.25) is 4.79 Å². The zero-order valence-corrected chi connectivity index (χ0v) is 12.4. The number of hydrogen-bond acceptors (Lipinski definition) is 1. The number of carboxylic acid groups (broad SMARTS) is 1. The van der Waals surface area contributed by atoms with Crippen molar-refractivity contribution >= 4 is 5.97 Å². The highest BCUT2D eigenvalue weighted by Gasteiger charge is 1.93. The molecule has 0 amide bonds. The maximum Gasteiger partial charge on any atom is 0.303 e. The van der Waals surface area contributed by atoms with Gasteiger partial charge in [0, 0.05) is 6.42 Å². The molecule has 19 heavy (non-hydrogen) atoms. The summed E-state index contributed by atoms with van der Waals surface area (Å²) in [5.41, 5.74) is 0. The zero-order valence-electron chi connectivity index (χ0n) is 12.4. The maximum absolute atomic E-state index is 10.3. The van der Waals surface area contributed by atoms with E-state index in [0.29, 0.717) is 6.42 Å². The van der Waals surface area contributed by atoms with E-state index in [4.69, 9.17) is 5.11 Å². The lowest BCUT2D eigenvalue weighted by Crippen LogP contribution is -1.92. The Morgan fingerprint density at radius 1 is 0.842 bits per heavy atom. The van der Waals surface area contributed by atoms with Crippen LogP contribution >= 0.6 is 0 Å². The minimum Gasteiger partial charge on any atom is -0.481 e. The van der Waals surface area contributed by atoms with E-state index < -0.39 is 5.97 Å². The van der Waals surface area contributed by atoms with E-state index in [2.05, 4.69) is 31.2 Å². The molecule has 0 fully saturated rings. The van der Waals surface area contributed by atoms with Gasteiger partial charge in [0.1, 0.15) is 0 Å². The summed E-state index contributed by atoms with van der Waals surface area (Å²) in [6.07, 6.45) is 20.8. The Balaban J connectivity index is 3.21. The molecule has 0 rings (SSSR count). The lowest BCUT2D eigenvalue weighted by molar-refractivity contribution is -0.137. The van der Waals surface area contributed by atoms with Crippen molar-refractivity contribution in [3.8, 4) is 0 Å². The van der Waals surface area contributed by atoms with Crippen molar-refractivity contribution in [2.75, 3.05) is 0 Å². The molecule has 0 aromatic carbocycles. The molecule has 0 radical (unpaired) electrons. The van der Waals surface area contributed by atoms with Gasteiger partial charge in [-0.2, -0.15) is 0 Å². The van der Waals surface area contributed by atoms with Gasteiger partial charge in [-0.15, -0.1) is 0 Å². The predicted molar refractivity (Wildman–Crippen MR) is 82.4 cm³/mol. The van der Waals surface area contributed by atoms with Crippen LogP contribution in [0.3, 0.4) is 0 Å². The van der Waals surface area contributed by atoms with Crippen LogP contribution in [0, 0.1) is 0 Å². The van der Waals surface area contributed by atoms with E-state index in [0.717, 1.165) is 25.7 Å². The van der Waals surface area contributed by atoms with Crippen molar-refractivity contribution in [2.24, 2.45) is 0 Å². The fourth-order valence-electron chi connectivity index (χ4n) is 1.91. The summed E-state index contributed by atoms with van der Waals surface area (Å²) in [6, 6.07) is 0. The van der Waals surface area contributed by atoms with Crippen LogP contribution in [-0.4, -0.2) is 11.1 Å². The van der Waals surface area contributed by atoms with Crippen molar-refractivity contribution in [3.63, 3.8) is 0 Å². The fraction of sp³-hybridized carbons (Fsp3) is 0.706. The zero-order chi connectivity index (χ0) is 14.2. The molecule has 0 spiro atoms. The monoisotopic (exact) mass is 266 g/mol. The predicted octanol–water partition coefficient (Wildman–Crippen LogP) is 5.49. The first-order valence-corrected chi connectivity index (χ1v) is 7.79. The second-order valence-corrected chi connectivity index (χ2v) is 5.02.